The van der Waals surface area contributed by atoms with E-state index in [2.05, 4.69) is 28.2 Å². The fraction of sp³-hybridized carbons (Fsp3) is 0.231. The van der Waals surface area contributed by atoms with Gasteiger partial charge in [-0.05, 0) is 12.1 Å². The summed E-state index contributed by atoms with van der Waals surface area (Å²) in [6.45, 7) is 0.653. The van der Waals surface area contributed by atoms with Crippen LogP contribution in [0.25, 0.3) is 10.9 Å². The lowest BCUT2D eigenvalue weighted by molar-refractivity contribution is 1.12. The summed E-state index contributed by atoms with van der Waals surface area (Å²) in [7, 11) is 0. The van der Waals surface area contributed by atoms with E-state index in [-0.39, 0.29) is 18.4 Å². The minimum atomic E-state index is 0. The van der Waals surface area contributed by atoms with Gasteiger partial charge in [0.05, 0.1) is 17.8 Å². The van der Waals surface area contributed by atoms with Crippen LogP contribution in [-0.4, -0.2) is 23.2 Å². The maximum Gasteiger partial charge on any atom is 0.185 e. The molecular formula is C13H17ClN4S. The molecule has 0 unspecified atom stereocenters. The molecule has 19 heavy (non-hydrogen) atoms. The molecule has 6 heteroatoms. The van der Waals surface area contributed by atoms with E-state index in [0.29, 0.717) is 6.54 Å². The van der Waals surface area contributed by atoms with Crippen molar-refractivity contribution in [1.82, 2.24) is 4.98 Å². The van der Waals surface area contributed by atoms with E-state index in [4.69, 9.17) is 11.5 Å². The first kappa shape index (κ1) is 15.6. The number of guanidine groups is 1. The van der Waals surface area contributed by atoms with E-state index in [1.165, 1.54) is 5.39 Å². The van der Waals surface area contributed by atoms with Gasteiger partial charge in [-0.15, -0.1) is 12.4 Å². The first-order valence-corrected chi connectivity index (χ1v) is 6.89. The molecule has 0 atom stereocenters. The Hall–Kier alpha value is -1.46. The van der Waals surface area contributed by atoms with Crippen molar-refractivity contribution in [2.45, 2.75) is 5.75 Å². The first-order chi connectivity index (χ1) is 8.75. The second kappa shape index (κ2) is 7.86. The molecule has 0 amide bonds. The second-order valence-electron chi connectivity index (χ2n) is 3.85. The lowest BCUT2D eigenvalue weighted by Gasteiger charge is -2.02. The molecule has 0 aliphatic heterocycles. The smallest absolute Gasteiger partial charge is 0.185 e. The van der Waals surface area contributed by atoms with Crippen LogP contribution >= 0.6 is 24.2 Å². The fourth-order valence-corrected chi connectivity index (χ4v) is 2.34. The Labute approximate surface area is 123 Å². The lowest BCUT2D eigenvalue weighted by Crippen LogP contribution is -2.23. The number of nitrogens with two attached hydrogens (primary N) is 2. The molecule has 2 rings (SSSR count). The van der Waals surface area contributed by atoms with Gasteiger partial charge in [0.2, 0.25) is 0 Å². The Bertz CT molecular complexity index is 555. The van der Waals surface area contributed by atoms with Gasteiger partial charge in [0, 0.05) is 16.9 Å². The number of rotatable bonds is 5. The third-order valence-corrected chi connectivity index (χ3v) is 3.41. The summed E-state index contributed by atoms with van der Waals surface area (Å²) in [5.41, 5.74) is 12.6. The third kappa shape index (κ3) is 4.96. The molecule has 0 saturated carbocycles. The van der Waals surface area contributed by atoms with Gasteiger partial charge in [-0.25, -0.2) is 0 Å². The zero-order valence-electron chi connectivity index (χ0n) is 10.5. The summed E-state index contributed by atoms with van der Waals surface area (Å²) < 4.78 is 0. The van der Waals surface area contributed by atoms with E-state index < -0.39 is 0 Å². The number of benzene rings is 1. The SMILES string of the molecule is Cl.NC(N)=NCCSCc1ccc2ccccc2n1. The van der Waals surface area contributed by atoms with Crippen molar-refractivity contribution in [3.8, 4) is 0 Å². The fourth-order valence-electron chi connectivity index (χ4n) is 1.60. The van der Waals surface area contributed by atoms with Crippen molar-refractivity contribution in [2.24, 2.45) is 16.5 Å². The monoisotopic (exact) mass is 296 g/mol. The predicted molar refractivity (Wildman–Crippen MR) is 85.8 cm³/mol. The Morgan fingerprint density at radius 3 is 2.74 bits per heavy atom. The summed E-state index contributed by atoms with van der Waals surface area (Å²) in [6.07, 6.45) is 0. The van der Waals surface area contributed by atoms with Gasteiger partial charge < -0.3 is 11.5 Å². The number of pyridine rings is 1. The van der Waals surface area contributed by atoms with Crippen molar-refractivity contribution in [3.63, 3.8) is 0 Å². The normalized spacial score (nSPS) is 9.89. The molecule has 0 bridgehead atoms. The maximum atomic E-state index is 5.25. The third-order valence-electron chi connectivity index (χ3n) is 2.44. The van der Waals surface area contributed by atoms with Crippen LogP contribution in [0, 0.1) is 0 Å². The Kier molecular flexibility index (Phi) is 6.45. The zero-order chi connectivity index (χ0) is 12.8. The van der Waals surface area contributed by atoms with Crippen LogP contribution < -0.4 is 11.5 Å². The highest BCUT2D eigenvalue weighted by Crippen LogP contribution is 2.15. The van der Waals surface area contributed by atoms with E-state index in [1.54, 1.807) is 11.8 Å². The number of fused-ring (bicyclic) bond motifs is 1. The summed E-state index contributed by atoms with van der Waals surface area (Å²) in [6, 6.07) is 12.3. The molecular weight excluding hydrogens is 280 g/mol. The van der Waals surface area contributed by atoms with Crippen molar-refractivity contribution in [1.29, 1.82) is 0 Å². The van der Waals surface area contributed by atoms with Gasteiger partial charge in [0.1, 0.15) is 0 Å². The van der Waals surface area contributed by atoms with Crippen LogP contribution in [0.1, 0.15) is 5.69 Å². The predicted octanol–water partition coefficient (Wildman–Crippen LogP) is 2.16. The topological polar surface area (TPSA) is 77.3 Å². The average molecular weight is 297 g/mol. The van der Waals surface area contributed by atoms with Gasteiger partial charge in [-0.1, -0.05) is 24.3 Å². The highest BCUT2D eigenvalue weighted by molar-refractivity contribution is 7.98. The second-order valence-corrected chi connectivity index (χ2v) is 4.96. The number of thioether (sulfide) groups is 1. The van der Waals surface area contributed by atoms with Crippen LogP contribution in [0.5, 0.6) is 0 Å². The highest BCUT2D eigenvalue weighted by atomic mass is 35.5. The molecule has 1 heterocycles. The van der Waals surface area contributed by atoms with E-state index >= 15 is 0 Å². The summed E-state index contributed by atoms with van der Waals surface area (Å²) in [5, 5.41) is 1.17. The van der Waals surface area contributed by atoms with Gasteiger partial charge >= 0.3 is 0 Å². The summed E-state index contributed by atoms with van der Waals surface area (Å²) in [5.74, 6) is 1.93. The Morgan fingerprint density at radius 2 is 1.95 bits per heavy atom. The quantitative estimate of drug-likeness (QED) is 0.503. The largest absolute Gasteiger partial charge is 0.370 e. The molecule has 1 aromatic heterocycles. The minimum Gasteiger partial charge on any atom is -0.370 e. The zero-order valence-corrected chi connectivity index (χ0v) is 12.1. The minimum absolute atomic E-state index is 0. The molecule has 0 spiro atoms. The number of hydrogen-bond acceptors (Lipinski definition) is 3. The molecule has 0 aliphatic rings. The summed E-state index contributed by atoms with van der Waals surface area (Å²) >= 11 is 1.78. The molecule has 4 N–H and O–H groups in total. The lowest BCUT2D eigenvalue weighted by atomic mass is 10.2. The average Bonchev–Trinajstić information content (AvgIpc) is 2.38. The van der Waals surface area contributed by atoms with Gasteiger partial charge in [-0.3, -0.25) is 9.98 Å². The van der Waals surface area contributed by atoms with Gasteiger partial charge in [0.25, 0.3) is 0 Å². The van der Waals surface area contributed by atoms with Crippen LogP contribution in [0.3, 0.4) is 0 Å². The number of para-hydroxylation sites is 1. The molecule has 1 aromatic carbocycles. The number of halogens is 1. The van der Waals surface area contributed by atoms with Crippen molar-refractivity contribution in [2.75, 3.05) is 12.3 Å². The molecule has 4 nitrogen and oxygen atoms in total. The van der Waals surface area contributed by atoms with Crippen molar-refractivity contribution < 1.29 is 0 Å². The standard InChI is InChI=1S/C13H16N4S.ClH/c14-13(15)16-7-8-18-9-11-6-5-10-3-1-2-4-12(10)17-11;/h1-6H,7-9H2,(H4,14,15,16);1H. The number of hydrogen-bond donors (Lipinski definition) is 2. The van der Waals surface area contributed by atoms with E-state index in [1.807, 2.05) is 18.2 Å². The van der Waals surface area contributed by atoms with Crippen LogP contribution in [0.4, 0.5) is 0 Å². The molecule has 0 aliphatic carbocycles. The van der Waals surface area contributed by atoms with Gasteiger partial charge in [0.15, 0.2) is 5.96 Å². The van der Waals surface area contributed by atoms with E-state index in [0.717, 1.165) is 22.7 Å². The molecule has 0 saturated heterocycles. The summed E-state index contributed by atoms with van der Waals surface area (Å²) in [4.78, 5) is 8.54. The van der Waals surface area contributed by atoms with Crippen molar-refractivity contribution >= 4 is 41.0 Å². The molecule has 2 aromatic rings. The van der Waals surface area contributed by atoms with Gasteiger partial charge in [-0.2, -0.15) is 11.8 Å². The maximum absolute atomic E-state index is 5.25. The molecule has 0 fully saturated rings. The van der Waals surface area contributed by atoms with Crippen LogP contribution in [0.15, 0.2) is 41.4 Å². The number of aromatic nitrogens is 1. The number of aliphatic imine (C=N–C) groups is 1. The highest BCUT2D eigenvalue weighted by Gasteiger charge is 1.98. The first-order valence-electron chi connectivity index (χ1n) is 5.73. The molecule has 102 valence electrons. The van der Waals surface area contributed by atoms with E-state index in [9.17, 15) is 0 Å². The van der Waals surface area contributed by atoms with Crippen LogP contribution in [-0.2, 0) is 5.75 Å². The van der Waals surface area contributed by atoms with Crippen molar-refractivity contribution in [3.05, 3.63) is 42.1 Å². The Balaban J connectivity index is 0.00000180. The molecule has 0 radical (unpaired) electrons. The number of nitrogens with zero attached hydrogens (tertiary/aromatic N) is 2. The van der Waals surface area contributed by atoms with Crippen LogP contribution in [0.2, 0.25) is 0 Å². The Morgan fingerprint density at radius 1 is 1.16 bits per heavy atom.